The van der Waals surface area contributed by atoms with Crippen LogP contribution in [0.3, 0.4) is 0 Å². The molecule has 8 heteroatoms. The molecule has 1 aliphatic rings. The lowest BCUT2D eigenvalue weighted by molar-refractivity contribution is -0.119. The molecule has 0 unspecified atom stereocenters. The number of thiazole rings is 1. The monoisotopic (exact) mass is 328 g/mol. The number of rotatable bonds is 4. The lowest BCUT2D eigenvalue weighted by Crippen LogP contribution is -2.47. The van der Waals surface area contributed by atoms with E-state index in [4.69, 9.17) is 5.73 Å². The van der Waals surface area contributed by atoms with Crippen LogP contribution in [0.4, 0.5) is 16.0 Å². The second-order valence-corrected chi connectivity index (χ2v) is 6.21. The van der Waals surface area contributed by atoms with Gasteiger partial charge in [0.1, 0.15) is 22.9 Å². The molecule has 118 valence electrons. The molecule has 7 nitrogen and oxygen atoms in total. The predicted octanol–water partition coefficient (Wildman–Crippen LogP) is 2.00. The lowest BCUT2D eigenvalue weighted by Gasteiger charge is -2.33. The second kappa shape index (κ2) is 6.62. The minimum Gasteiger partial charge on any atom is -0.368 e. The highest BCUT2D eigenvalue weighted by Gasteiger charge is 2.30. The van der Waals surface area contributed by atoms with E-state index >= 15 is 0 Å². The number of aromatic nitrogens is 2. The van der Waals surface area contributed by atoms with E-state index in [1.54, 1.807) is 6.20 Å². The summed E-state index contributed by atoms with van der Waals surface area (Å²) in [5.41, 5.74) is 5.80. The number of hydrogen-bond acceptors (Lipinski definition) is 7. The first-order chi connectivity index (χ1) is 11.2. The van der Waals surface area contributed by atoms with E-state index in [0.717, 1.165) is 25.8 Å². The molecular formula is C15H16N6OS. The Hall–Kier alpha value is -2.66. The highest BCUT2D eigenvalue weighted by Crippen LogP contribution is 2.35. The van der Waals surface area contributed by atoms with E-state index in [1.165, 1.54) is 11.3 Å². The SMILES string of the molecule is N#Cc1nc(N2CCCC[C@@H]2C(N)=O)sc1Nc1ccccn1. The van der Waals surface area contributed by atoms with Gasteiger partial charge < -0.3 is 16.0 Å². The van der Waals surface area contributed by atoms with E-state index in [9.17, 15) is 10.1 Å². The molecule has 0 aliphatic carbocycles. The van der Waals surface area contributed by atoms with Crippen molar-refractivity contribution in [2.24, 2.45) is 5.73 Å². The Kier molecular flexibility index (Phi) is 4.39. The fourth-order valence-corrected chi connectivity index (χ4v) is 3.60. The molecule has 3 N–H and O–H groups in total. The highest BCUT2D eigenvalue weighted by molar-refractivity contribution is 7.19. The maximum absolute atomic E-state index is 11.7. The molecule has 1 aliphatic heterocycles. The van der Waals surface area contributed by atoms with Crippen molar-refractivity contribution in [2.75, 3.05) is 16.8 Å². The molecule has 1 amide bonds. The van der Waals surface area contributed by atoms with Gasteiger partial charge in [-0.15, -0.1) is 0 Å². The fourth-order valence-electron chi connectivity index (χ4n) is 2.60. The Morgan fingerprint density at radius 1 is 1.48 bits per heavy atom. The van der Waals surface area contributed by atoms with Gasteiger partial charge in [-0.3, -0.25) is 4.79 Å². The first-order valence-corrected chi connectivity index (χ1v) is 8.15. The molecule has 0 saturated carbocycles. The quantitative estimate of drug-likeness (QED) is 0.888. The number of carbonyl (C=O) groups excluding carboxylic acids is 1. The van der Waals surface area contributed by atoms with E-state index in [2.05, 4.69) is 21.4 Å². The van der Waals surface area contributed by atoms with Gasteiger partial charge >= 0.3 is 0 Å². The molecule has 2 aromatic rings. The number of hydrogen-bond donors (Lipinski definition) is 2. The number of carbonyl (C=O) groups is 1. The summed E-state index contributed by atoms with van der Waals surface area (Å²) >= 11 is 1.34. The third-order valence-electron chi connectivity index (χ3n) is 3.71. The number of anilines is 3. The van der Waals surface area contributed by atoms with Crippen molar-refractivity contribution >= 4 is 33.2 Å². The second-order valence-electron chi connectivity index (χ2n) is 5.23. The number of pyridine rings is 1. The van der Waals surface area contributed by atoms with Gasteiger partial charge in [-0.1, -0.05) is 17.4 Å². The number of amides is 1. The highest BCUT2D eigenvalue weighted by atomic mass is 32.1. The number of nitrogens with two attached hydrogens (primary N) is 1. The van der Waals surface area contributed by atoms with Gasteiger partial charge in [0.25, 0.3) is 0 Å². The van der Waals surface area contributed by atoms with E-state index in [1.807, 2.05) is 23.1 Å². The standard InChI is InChI=1S/C15H16N6OS/c16-9-10-14(20-12-6-1-3-7-18-12)23-15(19-10)21-8-4-2-5-11(21)13(17)22/h1,3,6-7,11H,2,4-5,8H2,(H2,17,22)(H,18,20)/t11-/m1/s1. The summed E-state index contributed by atoms with van der Waals surface area (Å²) in [6.07, 6.45) is 4.35. The van der Waals surface area contributed by atoms with Crippen LogP contribution in [-0.4, -0.2) is 28.5 Å². The van der Waals surface area contributed by atoms with Crippen LogP contribution in [0.15, 0.2) is 24.4 Å². The maximum atomic E-state index is 11.7. The summed E-state index contributed by atoms with van der Waals surface area (Å²) in [5.74, 6) is 0.293. The zero-order valence-corrected chi connectivity index (χ0v) is 13.2. The average molecular weight is 328 g/mol. The van der Waals surface area contributed by atoms with Crippen LogP contribution in [0, 0.1) is 11.3 Å². The normalized spacial score (nSPS) is 17.5. The third kappa shape index (κ3) is 3.24. The van der Waals surface area contributed by atoms with Gasteiger partial charge in [0.15, 0.2) is 10.8 Å². The van der Waals surface area contributed by atoms with Crippen molar-refractivity contribution in [3.63, 3.8) is 0 Å². The van der Waals surface area contributed by atoms with Crippen LogP contribution in [0.1, 0.15) is 25.0 Å². The Morgan fingerprint density at radius 3 is 3.04 bits per heavy atom. The molecule has 1 fully saturated rings. The van der Waals surface area contributed by atoms with Crippen LogP contribution in [0.25, 0.3) is 0 Å². The summed E-state index contributed by atoms with van der Waals surface area (Å²) in [7, 11) is 0. The molecule has 0 spiro atoms. The van der Waals surface area contributed by atoms with Crippen LogP contribution in [0.2, 0.25) is 0 Å². The molecule has 1 saturated heterocycles. The van der Waals surface area contributed by atoms with Gasteiger partial charge in [-0.25, -0.2) is 9.97 Å². The number of nitrogens with one attached hydrogen (secondary N) is 1. The summed E-state index contributed by atoms with van der Waals surface area (Å²) in [5, 5.41) is 13.7. The fraction of sp³-hybridized carbons (Fsp3) is 0.333. The molecule has 23 heavy (non-hydrogen) atoms. The molecule has 0 radical (unpaired) electrons. The number of piperidine rings is 1. The molecule has 2 aromatic heterocycles. The van der Waals surface area contributed by atoms with Crippen molar-refractivity contribution in [1.82, 2.24) is 9.97 Å². The van der Waals surface area contributed by atoms with Crippen molar-refractivity contribution in [2.45, 2.75) is 25.3 Å². The number of nitriles is 1. The Balaban J connectivity index is 1.89. The molecule has 1 atom stereocenters. The maximum Gasteiger partial charge on any atom is 0.240 e. The number of primary amides is 1. The van der Waals surface area contributed by atoms with E-state index in [-0.39, 0.29) is 11.9 Å². The zero-order valence-electron chi connectivity index (χ0n) is 12.4. The Bertz CT molecular complexity index is 738. The summed E-state index contributed by atoms with van der Waals surface area (Å²) in [6.45, 7) is 0.717. The first-order valence-electron chi connectivity index (χ1n) is 7.34. The van der Waals surface area contributed by atoms with Gasteiger partial charge in [0.05, 0.1) is 0 Å². The summed E-state index contributed by atoms with van der Waals surface area (Å²) < 4.78 is 0. The largest absolute Gasteiger partial charge is 0.368 e. The zero-order chi connectivity index (χ0) is 16.2. The predicted molar refractivity (Wildman–Crippen MR) is 88.5 cm³/mol. The van der Waals surface area contributed by atoms with E-state index < -0.39 is 0 Å². The van der Waals surface area contributed by atoms with Crippen LogP contribution in [-0.2, 0) is 4.79 Å². The topological polar surface area (TPSA) is 108 Å². The summed E-state index contributed by atoms with van der Waals surface area (Å²) in [4.78, 5) is 22.1. The van der Waals surface area contributed by atoms with Crippen molar-refractivity contribution in [3.8, 4) is 6.07 Å². The van der Waals surface area contributed by atoms with Gasteiger partial charge in [-0.2, -0.15) is 5.26 Å². The number of nitrogens with zero attached hydrogens (tertiary/aromatic N) is 4. The van der Waals surface area contributed by atoms with E-state index in [0.29, 0.717) is 21.6 Å². The van der Waals surface area contributed by atoms with Gasteiger partial charge in [0.2, 0.25) is 5.91 Å². The molecule has 0 bridgehead atoms. The van der Waals surface area contributed by atoms with Crippen LogP contribution >= 0.6 is 11.3 Å². The van der Waals surface area contributed by atoms with Crippen molar-refractivity contribution in [3.05, 3.63) is 30.1 Å². The smallest absolute Gasteiger partial charge is 0.240 e. The lowest BCUT2D eigenvalue weighted by atomic mass is 10.0. The minimum absolute atomic E-state index is 0.296. The molecular weight excluding hydrogens is 312 g/mol. The third-order valence-corrected chi connectivity index (χ3v) is 4.71. The Morgan fingerprint density at radius 2 is 2.35 bits per heavy atom. The van der Waals surface area contributed by atoms with Crippen LogP contribution < -0.4 is 16.0 Å². The van der Waals surface area contributed by atoms with Crippen molar-refractivity contribution < 1.29 is 4.79 Å². The van der Waals surface area contributed by atoms with Gasteiger partial charge in [-0.05, 0) is 31.4 Å². The molecule has 3 rings (SSSR count). The summed E-state index contributed by atoms with van der Waals surface area (Å²) in [6, 6.07) is 7.22. The first kappa shape index (κ1) is 15.2. The minimum atomic E-state index is -0.357. The van der Waals surface area contributed by atoms with Gasteiger partial charge in [0, 0.05) is 12.7 Å². The molecule has 0 aromatic carbocycles. The Labute approximate surface area is 137 Å². The molecule has 3 heterocycles. The van der Waals surface area contributed by atoms with Crippen molar-refractivity contribution in [1.29, 1.82) is 5.26 Å². The average Bonchev–Trinajstić information content (AvgIpc) is 2.98. The van der Waals surface area contributed by atoms with Crippen LogP contribution in [0.5, 0.6) is 0 Å².